The first kappa shape index (κ1) is 11.5. The first-order valence-electron chi connectivity index (χ1n) is 5.22. The van der Waals surface area contributed by atoms with Gasteiger partial charge in [0.05, 0.1) is 0 Å². The second-order valence-electron chi connectivity index (χ2n) is 4.59. The van der Waals surface area contributed by atoms with Crippen LogP contribution in [0.4, 0.5) is 0 Å². The van der Waals surface area contributed by atoms with E-state index in [0.717, 1.165) is 19.4 Å². The van der Waals surface area contributed by atoms with Crippen LogP contribution in [0, 0.1) is 11.8 Å². The number of aliphatic carboxylic acids is 1. The van der Waals surface area contributed by atoms with Crippen molar-refractivity contribution in [2.45, 2.75) is 38.8 Å². The maximum atomic E-state index is 10.6. The van der Waals surface area contributed by atoms with Gasteiger partial charge in [0, 0.05) is 6.04 Å². The molecule has 4 nitrogen and oxygen atoms in total. The molecule has 4 N–H and O–H groups in total. The van der Waals surface area contributed by atoms with E-state index in [1.807, 2.05) is 0 Å². The van der Waals surface area contributed by atoms with E-state index in [4.69, 9.17) is 10.8 Å². The molecule has 0 saturated heterocycles. The highest BCUT2D eigenvalue weighted by atomic mass is 16.4. The van der Waals surface area contributed by atoms with E-state index < -0.39 is 12.0 Å². The van der Waals surface area contributed by atoms with Crippen LogP contribution < -0.4 is 11.1 Å². The average molecular weight is 200 g/mol. The number of hydrogen-bond donors (Lipinski definition) is 3. The normalized spacial score (nSPS) is 28.6. The van der Waals surface area contributed by atoms with Crippen molar-refractivity contribution >= 4 is 5.97 Å². The van der Waals surface area contributed by atoms with Crippen molar-refractivity contribution < 1.29 is 9.90 Å². The van der Waals surface area contributed by atoms with Gasteiger partial charge in [-0.15, -0.1) is 0 Å². The van der Waals surface area contributed by atoms with E-state index in [2.05, 4.69) is 19.2 Å². The number of nitrogens with one attached hydrogen (secondary N) is 1. The summed E-state index contributed by atoms with van der Waals surface area (Å²) < 4.78 is 0. The summed E-state index contributed by atoms with van der Waals surface area (Å²) in [5.41, 5.74) is 5.51. The fourth-order valence-corrected chi connectivity index (χ4v) is 1.73. The monoisotopic (exact) mass is 200 g/mol. The molecule has 82 valence electrons. The van der Waals surface area contributed by atoms with Gasteiger partial charge >= 0.3 is 5.97 Å². The summed E-state index contributed by atoms with van der Waals surface area (Å²) in [5.74, 6) is -0.0725. The minimum absolute atomic E-state index is 0.164. The molecule has 4 heteroatoms. The molecule has 0 aromatic carbocycles. The second-order valence-corrected chi connectivity index (χ2v) is 4.59. The van der Waals surface area contributed by atoms with Crippen molar-refractivity contribution in [3.8, 4) is 0 Å². The zero-order valence-corrected chi connectivity index (χ0v) is 8.86. The first-order chi connectivity index (χ1) is 6.50. The molecule has 1 saturated carbocycles. The van der Waals surface area contributed by atoms with Crippen LogP contribution in [0.2, 0.25) is 0 Å². The number of nitrogens with two attached hydrogens (primary N) is 1. The molecule has 1 aliphatic carbocycles. The molecule has 0 heterocycles. The van der Waals surface area contributed by atoms with Crippen molar-refractivity contribution in [1.82, 2.24) is 5.32 Å². The van der Waals surface area contributed by atoms with E-state index in [1.165, 1.54) is 0 Å². The minimum atomic E-state index is -0.877. The number of carboxylic acid groups (broad SMARTS) is 1. The molecule has 1 unspecified atom stereocenters. The molecule has 0 aromatic rings. The highest BCUT2D eigenvalue weighted by molar-refractivity contribution is 5.73. The predicted molar refractivity (Wildman–Crippen MR) is 55.0 cm³/mol. The van der Waals surface area contributed by atoms with Gasteiger partial charge in [0.1, 0.15) is 6.04 Å². The van der Waals surface area contributed by atoms with Crippen molar-refractivity contribution in [1.29, 1.82) is 0 Å². The number of carbonyl (C=O) groups is 1. The standard InChI is InChI=1S/C10H20N2O2/c1-6(2)5-12-8-3-7(4-8)9(11)10(13)14/h6-9,12H,3-5,11H2,1-2H3,(H,13,14)/t7-,8+,9?. The Kier molecular flexibility index (Phi) is 3.89. The van der Waals surface area contributed by atoms with E-state index in [0.29, 0.717) is 12.0 Å². The van der Waals surface area contributed by atoms with Crippen LogP contribution in [0.5, 0.6) is 0 Å². The van der Waals surface area contributed by atoms with Gasteiger partial charge in [-0.1, -0.05) is 13.8 Å². The fraction of sp³-hybridized carbons (Fsp3) is 0.900. The summed E-state index contributed by atoms with van der Waals surface area (Å²) in [6.45, 7) is 5.32. The van der Waals surface area contributed by atoms with Crippen LogP contribution in [0.1, 0.15) is 26.7 Å². The zero-order chi connectivity index (χ0) is 10.7. The molecule has 0 bridgehead atoms. The number of rotatable bonds is 5. The van der Waals surface area contributed by atoms with E-state index in [1.54, 1.807) is 0 Å². The first-order valence-corrected chi connectivity index (χ1v) is 5.22. The Morgan fingerprint density at radius 1 is 1.57 bits per heavy atom. The summed E-state index contributed by atoms with van der Waals surface area (Å²) >= 11 is 0. The molecule has 1 rings (SSSR count). The quantitative estimate of drug-likeness (QED) is 0.601. The van der Waals surface area contributed by atoms with Gasteiger partial charge in [0.15, 0.2) is 0 Å². The lowest BCUT2D eigenvalue weighted by Gasteiger charge is -2.38. The van der Waals surface area contributed by atoms with Crippen molar-refractivity contribution in [3.63, 3.8) is 0 Å². The largest absolute Gasteiger partial charge is 0.480 e. The van der Waals surface area contributed by atoms with Crippen molar-refractivity contribution in [2.75, 3.05) is 6.54 Å². The molecular formula is C10H20N2O2. The third kappa shape index (κ3) is 2.96. The van der Waals surface area contributed by atoms with Crippen LogP contribution in [0.15, 0.2) is 0 Å². The van der Waals surface area contributed by atoms with Gasteiger partial charge in [-0.3, -0.25) is 4.79 Å². The van der Waals surface area contributed by atoms with Crippen LogP contribution >= 0.6 is 0 Å². The topological polar surface area (TPSA) is 75.3 Å². The van der Waals surface area contributed by atoms with Gasteiger partial charge in [0.2, 0.25) is 0 Å². The van der Waals surface area contributed by atoms with Crippen molar-refractivity contribution in [2.24, 2.45) is 17.6 Å². The summed E-state index contributed by atoms with van der Waals surface area (Å²) in [7, 11) is 0. The fourth-order valence-electron chi connectivity index (χ4n) is 1.73. The van der Waals surface area contributed by atoms with Crippen molar-refractivity contribution in [3.05, 3.63) is 0 Å². The third-order valence-corrected chi connectivity index (χ3v) is 2.78. The summed E-state index contributed by atoms with van der Waals surface area (Å²) in [6.07, 6.45) is 1.81. The maximum absolute atomic E-state index is 10.6. The van der Waals surface area contributed by atoms with E-state index >= 15 is 0 Å². The molecule has 14 heavy (non-hydrogen) atoms. The molecule has 1 atom stereocenters. The van der Waals surface area contributed by atoms with E-state index in [9.17, 15) is 4.79 Å². The lowest BCUT2D eigenvalue weighted by molar-refractivity contribution is -0.140. The Morgan fingerprint density at radius 2 is 2.14 bits per heavy atom. The van der Waals surface area contributed by atoms with Crippen LogP contribution in [0.3, 0.4) is 0 Å². The van der Waals surface area contributed by atoms with Gasteiger partial charge < -0.3 is 16.2 Å². The Hall–Kier alpha value is -0.610. The van der Waals surface area contributed by atoms with Gasteiger partial charge in [-0.25, -0.2) is 0 Å². The Balaban J connectivity index is 2.14. The minimum Gasteiger partial charge on any atom is -0.480 e. The number of hydrogen-bond acceptors (Lipinski definition) is 3. The molecule has 0 aliphatic heterocycles. The van der Waals surface area contributed by atoms with Crippen LogP contribution in [-0.2, 0) is 4.79 Å². The van der Waals surface area contributed by atoms with Gasteiger partial charge in [-0.05, 0) is 31.2 Å². The Bertz CT molecular complexity index is 200. The number of carboxylic acids is 1. The average Bonchev–Trinajstić information content (AvgIpc) is 2.00. The third-order valence-electron chi connectivity index (χ3n) is 2.78. The smallest absolute Gasteiger partial charge is 0.320 e. The van der Waals surface area contributed by atoms with Gasteiger partial charge in [0.25, 0.3) is 0 Å². The SMILES string of the molecule is CC(C)CN[C@H]1C[C@@H](C(N)C(=O)O)C1. The van der Waals surface area contributed by atoms with Crippen LogP contribution in [-0.4, -0.2) is 29.7 Å². The highest BCUT2D eigenvalue weighted by Gasteiger charge is 2.36. The molecule has 0 radical (unpaired) electrons. The highest BCUT2D eigenvalue weighted by Crippen LogP contribution is 2.29. The Labute approximate surface area is 84.9 Å². The Morgan fingerprint density at radius 3 is 2.57 bits per heavy atom. The molecular weight excluding hydrogens is 180 g/mol. The lowest BCUT2D eigenvalue weighted by atomic mass is 9.75. The lowest BCUT2D eigenvalue weighted by Crippen LogP contribution is -2.51. The predicted octanol–water partition coefficient (Wildman–Crippen LogP) is 0.423. The van der Waals surface area contributed by atoms with Crippen LogP contribution in [0.25, 0.3) is 0 Å². The van der Waals surface area contributed by atoms with E-state index in [-0.39, 0.29) is 5.92 Å². The molecule has 0 amide bonds. The molecule has 0 aromatic heterocycles. The summed E-state index contributed by atoms with van der Waals surface area (Å²) in [4.78, 5) is 10.6. The maximum Gasteiger partial charge on any atom is 0.320 e. The zero-order valence-electron chi connectivity index (χ0n) is 8.86. The summed E-state index contributed by atoms with van der Waals surface area (Å²) in [6, 6.07) is -0.195. The molecule has 0 spiro atoms. The molecule has 1 aliphatic rings. The molecule has 1 fully saturated rings. The second kappa shape index (κ2) is 4.75. The van der Waals surface area contributed by atoms with Gasteiger partial charge in [-0.2, -0.15) is 0 Å². The summed E-state index contributed by atoms with van der Waals surface area (Å²) in [5, 5.41) is 12.1.